The summed E-state index contributed by atoms with van der Waals surface area (Å²) in [7, 11) is 2.95. The first-order valence-corrected chi connectivity index (χ1v) is 10.3. The standard InChI is InChI=1S/C20H21Cl2F3N4O3/c1-31-16-9-17(32-2)15(8-13(16)21)27-18(30)11-28-3-5-29(6-4-28)19-14(22)7-12(10-26-19)20(23,24)25/h7-10H,3-6,11H2,1-2H3,(H,27,30). The number of nitrogens with one attached hydrogen (secondary N) is 1. The average molecular weight is 493 g/mol. The molecule has 0 spiro atoms. The fourth-order valence-corrected chi connectivity index (χ4v) is 3.81. The number of amides is 1. The first-order chi connectivity index (χ1) is 15.1. The SMILES string of the molecule is COc1cc(OC)c(NC(=O)CN2CCN(c3ncc(C(F)(F)F)cc3Cl)CC2)cc1Cl. The minimum atomic E-state index is -4.50. The Morgan fingerprint density at radius 1 is 1.06 bits per heavy atom. The van der Waals surface area contributed by atoms with E-state index < -0.39 is 11.7 Å². The highest BCUT2D eigenvalue weighted by Crippen LogP contribution is 2.36. The molecule has 0 bridgehead atoms. The highest BCUT2D eigenvalue weighted by Gasteiger charge is 2.32. The third-order valence-corrected chi connectivity index (χ3v) is 5.51. The zero-order valence-electron chi connectivity index (χ0n) is 17.3. The van der Waals surface area contributed by atoms with Gasteiger partial charge in [0.15, 0.2) is 0 Å². The Labute approximate surface area is 193 Å². The molecule has 1 N–H and O–H groups in total. The topological polar surface area (TPSA) is 66.9 Å². The van der Waals surface area contributed by atoms with Crippen molar-refractivity contribution in [3.8, 4) is 11.5 Å². The number of piperazine rings is 1. The van der Waals surface area contributed by atoms with Crippen LogP contribution in [0.3, 0.4) is 0 Å². The summed E-state index contributed by atoms with van der Waals surface area (Å²) >= 11 is 12.2. The summed E-state index contributed by atoms with van der Waals surface area (Å²) in [6, 6.07) is 4.00. The van der Waals surface area contributed by atoms with Crippen LogP contribution < -0.4 is 19.7 Å². The molecule has 174 valence electrons. The molecular weight excluding hydrogens is 472 g/mol. The summed E-state index contributed by atoms with van der Waals surface area (Å²) in [6.07, 6.45) is -3.73. The monoisotopic (exact) mass is 492 g/mol. The summed E-state index contributed by atoms with van der Waals surface area (Å²) in [5.74, 6) is 0.866. The quantitative estimate of drug-likeness (QED) is 0.652. The summed E-state index contributed by atoms with van der Waals surface area (Å²) in [6.45, 7) is 2.06. The molecule has 2 aromatic rings. The summed E-state index contributed by atoms with van der Waals surface area (Å²) < 4.78 is 48.8. The van der Waals surface area contributed by atoms with E-state index in [-0.39, 0.29) is 17.5 Å². The summed E-state index contributed by atoms with van der Waals surface area (Å²) in [5, 5.41) is 3.04. The maximum Gasteiger partial charge on any atom is 0.417 e. The molecule has 1 aliphatic rings. The van der Waals surface area contributed by atoms with Crippen molar-refractivity contribution in [2.24, 2.45) is 0 Å². The van der Waals surface area contributed by atoms with Gasteiger partial charge in [-0.2, -0.15) is 13.2 Å². The van der Waals surface area contributed by atoms with Gasteiger partial charge in [0.1, 0.15) is 17.3 Å². The van der Waals surface area contributed by atoms with Crippen LogP contribution in [-0.2, 0) is 11.0 Å². The Kier molecular flexibility index (Phi) is 7.58. The highest BCUT2D eigenvalue weighted by molar-refractivity contribution is 6.33. The number of carbonyl (C=O) groups is 1. The first-order valence-electron chi connectivity index (χ1n) is 9.53. The molecule has 0 atom stereocenters. The number of halogens is 5. The Balaban J connectivity index is 1.57. The highest BCUT2D eigenvalue weighted by atomic mass is 35.5. The van der Waals surface area contributed by atoms with E-state index in [1.165, 1.54) is 14.2 Å². The number of benzene rings is 1. The van der Waals surface area contributed by atoms with Crippen molar-refractivity contribution in [3.63, 3.8) is 0 Å². The number of carbonyl (C=O) groups excluding carboxylic acids is 1. The zero-order chi connectivity index (χ0) is 23.5. The van der Waals surface area contributed by atoms with Crippen LogP contribution in [0.2, 0.25) is 10.0 Å². The average Bonchev–Trinajstić information content (AvgIpc) is 2.74. The molecule has 1 fully saturated rings. The van der Waals surface area contributed by atoms with E-state index in [4.69, 9.17) is 32.7 Å². The Morgan fingerprint density at radius 2 is 1.72 bits per heavy atom. The van der Waals surface area contributed by atoms with Gasteiger partial charge in [-0.3, -0.25) is 9.69 Å². The van der Waals surface area contributed by atoms with Crippen LogP contribution in [0, 0.1) is 0 Å². The molecule has 0 saturated carbocycles. The second-order valence-electron chi connectivity index (χ2n) is 7.03. The van der Waals surface area contributed by atoms with Gasteiger partial charge in [0.2, 0.25) is 5.91 Å². The van der Waals surface area contributed by atoms with Crippen LogP contribution in [0.5, 0.6) is 11.5 Å². The third-order valence-electron chi connectivity index (χ3n) is 4.94. The van der Waals surface area contributed by atoms with Crippen molar-refractivity contribution in [1.82, 2.24) is 9.88 Å². The van der Waals surface area contributed by atoms with Gasteiger partial charge < -0.3 is 19.7 Å². The molecule has 0 unspecified atom stereocenters. The van der Waals surface area contributed by atoms with Crippen LogP contribution in [0.1, 0.15) is 5.56 Å². The van der Waals surface area contributed by atoms with Gasteiger partial charge in [-0.1, -0.05) is 23.2 Å². The molecule has 1 saturated heterocycles. The van der Waals surface area contributed by atoms with Crippen LogP contribution >= 0.6 is 23.2 Å². The van der Waals surface area contributed by atoms with Gasteiger partial charge in [0.05, 0.1) is 42.1 Å². The van der Waals surface area contributed by atoms with Crippen molar-refractivity contribution >= 4 is 40.6 Å². The normalized spacial score (nSPS) is 14.9. The number of pyridine rings is 1. The third kappa shape index (κ3) is 5.67. The molecule has 1 aliphatic heterocycles. The van der Waals surface area contributed by atoms with E-state index in [9.17, 15) is 18.0 Å². The molecule has 32 heavy (non-hydrogen) atoms. The van der Waals surface area contributed by atoms with Crippen LogP contribution in [0.15, 0.2) is 24.4 Å². The van der Waals surface area contributed by atoms with Gasteiger partial charge in [0.25, 0.3) is 0 Å². The minimum Gasteiger partial charge on any atom is -0.495 e. The van der Waals surface area contributed by atoms with Gasteiger partial charge >= 0.3 is 6.18 Å². The molecule has 0 aliphatic carbocycles. The first kappa shape index (κ1) is 24.2. The van der Waals surface area contributed by atoms with E-state index in [2.05, 4.69) is 10.3 Å². The zero-order valence-corrected chi connectivity index (χ0v) is 18.8. The molecule has 1 amide bonds. The Bertz CT molecular complexity index is 983. The smallest absolute Gasteiger partial charge is 0.417 e. The maximum atomic E-state index is 12.8. The lowest BCUT2D eigenvalue weighted by Crippen LogP contribution is -2.49. The van der Waals surface area contributed by atoms with E-state index in [0.717, 1.165) is 12.3 Å². The second kappa shape index (κ2) is 10.0. The fourth-order valence-electron chi connectivity index (χ4n) is 3.29. The molecule has 0 radical (unpaired) electrons. The van der Waals surface area contributed by atoms with Crippen LogP contribution in [0.25, 0.3) is 0 Å². The van der Waals surface area contributed by atoms with Gasteiger partial charge in [-0.05, 0) is 12.1 Å². The lowest BCUT2D eigenvalue weighted by atomic mass is 10.2. The number of aromatic nitrogens is 1. The molecule has 12 heteroatoms. The summed E-state index contributed by atoms with van der Waals surface area (Å²) in [5.41, 5.74) is -0.474. The molecule has 1 aromatic carbocycles. The number of hydrogen-bond donors (Lipinski definition) is 1. The number of anilines is 2. The van der Waals surface area contributed by atoms with Crippen LogP contribution in [0.4, 0.5) is 24.7 Å². The van der Waals surface area contributed by atoms with Crippen LogP contribution in [-0.4, -0.2) is 62.7 Å². The minimum absolute atomic E-state index is 0.0607. The van der Waals surface area contributed by atoms with E-state index in [1.807, 2.05) is 4.90 Å². The lowest BCUT2D eigenvalue weighted by Gasteiger charge is -2.35. The molecule has 1 aromatic heterocycles. The van der Waals surface area contributed by atoms with Crippen molar-refractivity contribution in [2.75, 3.05) is 57.2 Å². The van der Waals surface area contributed by atoms with Crippen molar-refractivity contribution in [3.05, 3.63) is 40.0 Å². The lowest BCUT2D eigenvalue weighted by molar-refractivity contribution is -0.137. The molecule has 7 nitrogen and oxygen atoms in total. The number of nitrogens with zero attached hydrogens (tertiary/aromatic N) is 3. The van der Waals surface area contributed by atoms with E-state index >= 15 is 0 Å². The van der Waals surface area contributed by atoms with E-state index in [0.29, 0.717) is 54.2 Å². The number of rotatable bonds is 6. The predicted molar refractivity (Wildman–Crippen MR) is 116 cm³/mol. The Hall–Kier alpha value is -2.43. The second-order valence-corrected chi connectivity index (χ2v) is 7.84. The van der Waals surface area contributed by atoms with E-state index in [1.54, 1.807) is 17.0 Å². The molecule has 2 heterocycles. The predicted octanol–water partition coefficient (Wildman–Crippen LogP) is 4.19. The largest absolute Gasteiger partial charge is 0.495 e. The number of hydrogen-bond acceptors (Lipinski definition) is 6. The number of alkyl halides is 3. The fraction of sp³-hybridized carbons (Fsp3) is 0.400. The number of ether oxygens (including phenoxy) is 2. The molecule has 3 rings (SSSR count). The number of methoxy groups -OCH3 is 2. The summed E-state index contributed by atoms with van der Waals surface area (Å²) in [4.78, 5) is 20.1. The van der Waals surface area contributed by atoms with Gasteiger partial charge in [-0.15, -0.1) is 0 Å². The molecular formula is C20H21Cl2F3N4O3. The van der Waals surface area contributed by atoms with Crippen molar-refractivity contribution in [2.45, 2.75) is 6.18 Å². The van der Waals surface area contributed by atoms with Crippen molar-refractivity contribution < 1.29 is 27.4 Å². The maximum absolute atomic E-state index is 12.8. The van der Waals surface area contributed by atoms with Gasteiger partial charge in [-0.25, -0.2) is 4.98 Å². The Morgan fingerprint density at radius 3 is 2.28 bits per heavy atom. The van der Waals surface area contributed by atoms with Gasteiger partial charge in [0, 0.05) is 38.4 Å². The van der Waals surface area contributed by atoms with Crippen molar-refractivity contribution in [1.29, 1.82) is 0 Å².